The third-order valence-electron chi connectivity index (χ3n) is 0.839. The highest BCUT2D eigenvalue weighted by atomic mass is 127. The largest absolute Gasteiger partial charge is 0.0916 e. The van der Waals surface area contributed by atoms with Gasteiger partial charge in [-0.25, -0.2) is 0 Å². The third kappa shape index (κ3) is 6.47. The van der Waals surface area contributed by atoms with Gasteiger partial charge in [-0.05, 0) is 13.3 Å². The lowest BCUT2D eigenvalue weighted by Crippen LogP contribution is -2.05. The van der Waals surface area contributed by atoms with Gasteiger partial charge in [0, 0.05) is 3.42 Å². The van der Waals surface area contributed by atoms with Gasteiger partial charge in [-0.1, -0.05) is 48.6 Å². The van der Waals surface area contributed by atoms with Crippen LogP contribution in [0.3, 0.4) is 0 Å². The Morgan fingerprint density at radius 3 is 2.12 bits per heavy atom. The predicted molar refractivity (Wildman–Crippen MR) is 47.5 cm³/mol. The molecular formula is C7H13I. The second-order valence-corrected chi connectivity index (χ2v) is 5.41. The standard InChI is InChI=1S/C7H13I/c1-4-5-6-7(2,3)8/h4-5H,6H2,1-3H3/b5-4+. The van der Waals surface area contributed by atoms with Gasteiger partial charge in [0.15, 0.2) is 0 Å². The van der Waals surface area contributed by atoms with Crippen LogP contribution in [-0.2, 0) is 0 Å². The molecule has 0 bridgehead atoms. The van der Waals surface area contributed by atoms with Crippen molar-refractivity contribution in [3.8, 4) is 0 Å². The van der Waals surface area contributed by atoms with Crippen LogP contribution in [0.1, 0.15) is 27.2 Å². The number of rotatable bonds is 2. The SMILES string of the molecule is C/C=C/CC(C)(C)I. The second kappa shape index (κ2) is 3.49. The van der Waals surface area contributed by atoms with Gasteiger partial charge in [-0.15, -0.1) is 0 Å². The van der Waals surface area contributed by atoms with E-state index in [1.807, 2.05) is 0 Å². The van der Waals surface area contributed by atoms with Gasteiger partial charge >= 0.3 is 0 Å². The van der Waals surface area contributed by atoms with Crippen molar-refractivity contribution in [2.75, 3.05) is 0 Å². The first-order chi connectivity index (χ1) is 3.56. The Morgan fingerprint density at radius 2 is 2.00 bits per heavy atom. The summed E-state index contributed by atoms with van der Waals surface area (Å²) in [5.41, 5.74) is 0. The van der Waals surface area contributed by atoms with E-state index >= 15 is 0 Å². The van der Waals surface area contributed by atoms with Crippen molar-refractivity contribution in [1.82, 2.24) is 0 Å². The second-order valence-electron chi connectivity index (χ2n) is 2.49. The van der Waals surface area contributed by atoms with Crippen LogP contribution in [0.25, 0.3) is 0 Å². The Morgan fingerprint density at radius 1 is 1.50 bits per heavy atom. The van der Waals surface area contributed by atoms with Crippen molar-refractivity contribution in [1.29, 1.82) is 0 Å². The quantitative estimate of drug-likeness (QED) is 0.384. The molecule has 0 heterocycles. The Bertz CT molecular complexity index is 76.9. The van der Waals surface area contributed by atoms with Crippen LogP contribution in [0.4, 0.5) is 0 Å². The van der Waals surface area contributed by atoms with Gasteiger partial charge in [-0.2, -0.15) is 0 Å². The molecule has 0 amide bonds. The van der Waals surface area contributed by atoms with Crippen molar-refractivity contribution >= 4 is 22.6 Å². The molecule has 0 saturated heterocycles. The molecule has 0 aliphatic carbocycles. The normalized spacial score (nSPS) is 13.0. The summed E-state index contributed by atoms with van der Waals surface area (Å²) in [6.07, 6.45) is 5.47. The summed E-state index contributed by atoms with van der Waals surface area (Å²) in [4.78, 5) is 0. The predicted octanol–water partition coefficient (Wildman–Crippen LogP) is 3.17. The molecule has 48 valence electrons. The lowest BCUT2D eigenvalue weighted by atomic mass is 10.1. The lowest BCUT2D eigenvalue weighted by molar-refractivity contribution is 0.764. The zero-order chi connectivity index (χ0) is 6.62. The van der Waals surface area contributed by atoms with Crippen LogP contribution in [0.15, 0.2) is 12.2 Å². The molecule has 1 heteroatoms. The van der Waals surface area contributed by atoms with Crippen LogP contribution in [0.5, 0.6) is 0 Å². The maximum atomic E-state index is 2.45. The molecule has 8 heavy (non-hydrogen) atoms. The van der Waals surface area contributed by atoms with Crippen LogP contribution in [0, 0.1) is 0 Å². The summed E-state index contributed by atoms with van der Waals surface area (Å²) in [7, 11) is 0. The first-order valence-corrected chi connectivity index (χ1v) is 3.94. The van der Waals surface area contributed by atoms with Gasteiger partial charge in [-0.3, -0.25) is 0 Å². The summed E-state index contributed by atoms with van der Waals surface area (Å²) in [5.74, 6) is 0. The minimum atomic E-state index is 0.435. The minimum Gasteiger partial charge on any atom is -0.0916 e. The molecule has 0 fully saturated rings. The molecule has 0 nitrogen and oxygen atoms in total. The van der Waals surface area contributed by atoms with Crippen LogP contribution in [-0.4, -0.2) is 3.42 Å². The molecule has 0 aliphatic heterocycles. The van der Waals surface area contributed by atoms with Gasteiger partial charge < -0.3 is 0 Å². The fraction of sp³-hybridized carbons (Fsp3) is 0.714. The maximum absolute atomic E-state index is 2.45. The minimum absolute atomic E-state index is 0.435. The molecule has 0 saturated carbocycles. The molecule has 0 aromatic carbocycles. The number of hydrogen-bond acceptors (Lipinski definition) is 0. The zero-order valence-corrected chi connectivity index (χ0v) is 7.90. The number of allylic oxidation sites excluding steroid dienone is 2. The monoisotopic (exact) mass is 224 g/mol. The summed E-state index contributed by atoms with van der Waals surface area (Å²) in [6.45, 7) is 6.52. The van der Waals surface area contributed by atoms with E-state index < -0.39 is 0 Å². The first-order valence-electron chi connectivity index (χ1n) is 2.86. The van der Waals surface area contributed by atoms with Crippen molar-refractivity contribution < 1.29 is 0 Å². The summed E-state index contributed by atoms with van der Waals surface area (Å²) in [6, 6.07) is 0. The van der Waals surface area contributed by atoms with E-state index in [0.717, 1.165) is 0 Å². The summed E-state index contributed by atoms with van der Waals surface area (Å²) >= 11 is 2.45. The molecule has 0 aliphatic rings. The zero-order valence-electron chi connectivity index (χ0n) is 5.74. The highest BCUT2D eigenvalue weighted by Crippen LogP contribution is 2.21. The number of alkyl halides is 1. The molecule has 0 aromatic rings. The van der Waals surface area contributed by atoms with E-state index in [1.165, 1.54) is 6.42 Å². The van der Waals surface area contributed by atoms with Crippen molar-refractivity contribution in [3.05, 3.63) is 12.2 Å². The highest BCUT2D eigenvalue weighted by molar-refractivity contribution is 14.1. The van der Waals surface area contributed by atoms with E-state index in [-0.39, 0.29) is 0 Å². The molecular weight excluding hydrogens is 211 g/mol. The average molecular weight is 224 g/mol. The Labute approximate surface area is 65.5 Å². The number of halogens is 1. The van der Waals surface area contributed by atoms with Crippen LogP contribution >= 0.6 is 22.6 Å². The Balaban J connectivity index is 3.39. The van der Waals surface area contributed by atoms with Gasteiger partial charge in [0.2, 0.25) is 0 Å². The van der Waals surface area contributed by atoms with Gasteiger partial charge in [0.25, 0.3) is 0 Å². The van der Waals surface area contributed by atoms with Gasteiger partial charge in [0.1, 0.15) is 0 Å². The smallest absolute Gasteiger partial charge is 0.0200 e. The molecule has 0 aromatic heterocycles. The van der Waals surface area contributed by atoms with Crippen molar-refractivity contribution in [2.24, 2.45) is 0 Å². The van der Waals surface area contributed by atoms with Crippen LogP contribution in [0.2, 0.25) is 0 Å². The molecule has 0 unspecified atom stereocenters. The fourth-order valence-electron chi connectivity index (χ4n) is 0.398. The van der Waals surface area contributed by atoms with E-state index in [2.05, 4.69) is 55.5 Å². The summed E-state index contributed by atoms with van der Waals surface area (Å²) in [5, 5.41) is 0. The summed E-state index contributed by atoms with van der Waals surface area (Å²) < 4.78 is 0.435. The maximum Gasteiger partial charge on any atom is 0.0200 e. The van der Waals surface area contributed by atoms with E-state index in [1.54, 1.807) is 0 Å². The molecule has 0 atom stereocenters. The number of hydrogen-bond donors (Lipinski definition) is 0. The Kier molecular flexibility index (Phi) is 3.69. The highest BCUT2D eigenvalue weighted by Gasteiger charge is 2.07. The van der Waals surface area contributed by atoms with Crippen LogP contribution < -0.4 is 0 Å². The fourth-order valence-corrected chi connectivity index (χ4v) is 0.652. The first kappa shape index (κ1) is 8.47. The van der Waals surface area contributed by atoms with Gasteiger partial charge in [0.05, 0.1) is 0 Å². The van der Waals surface area contributed by atoms with E-state index in [0.29, 0.717) is 3.42 Å². The van der Waals surface area contributed by atoms with Crippen molar-refractivity contribution in [2.45, 2.75) is 30.6 Å². The lowest BCUT2D eigenvalue weighted by Gasteiger charge is -2.11. The average Bonchev–Trinajstić information content (AvgIpc) is 1.59. The topological polar surface area (TPSA) is 0 Å². The third-order valence-corrected chi connectivity index (χ3v) is 1.28. The molecule has 0 radical (unpaired) electrons. The van der Waals surface area contributed by atoms with Crippen molar-refractivity contribution in [3.63, 3.8) is 0 Å². The van der Waals surface area contributed by atoms with E-state index in [9.17, 15) is 0 Å². The van der Waals surface area contributed by atoms with E-state index in [4.69, 9.17) is 0 Å². The Hall–Kier alpha value is 0.470. The molecule has 0 rings (SSSR count). The molecule has 0 spiro atoms. The molecule has 0 N–H and O–H groups in total.